The lowest BCUT2D eigenvalue weighted by Crippen LogP contribution is -2.39. The van der Waals surface area contributed by atoms with Crippen LogP contribution in [0.5, 0.6) is 6.01 Å². The zero-order valence-electron chi connectivity index (χ0n) is 18.0. The van der Waals surface area contributed by atoms with E-state index in [0.29, 0.717) is 40.7 Å². The zero-order valence-corrected chi connectivity index (χ0v) is 18.7. The molecule has 0 aliphatic carbocycles. The topological polar surface area (TPSA) is 105 Å². The molecule has 3 aromatic rings. The van der Waals surface area contributed by atoms with Crippen molar-refractivity contribution in [2.75, 3.05) is 36.5 Å². The standard InChI is InChI=1S/C23H26ClN5O4/c24-15-10-16-22(28-23(26-16)33-18-12-32-19-17(30)11-31-20(18)19)27-21(15)25-13-6-8-29(9-7-13)14-4-2-1-3-5-14/h1-5,10,13,17-20,30H,6-9,11-12H2,(H2,25,26,27,28)/t17-,18-,19-,20?/m1/s1. The van der Waals surface area contributed by atoms with Gasteiger partial charge < -0.3 is 34.5 Å². The van der Waals surface area contributed by atoms with Gasteiger partial charge in [0.1, 0.15) is 24.1 Å². The third-order valence-corrected chi connectivity index (χ3v) is 6.90. The summed E-state index contributed by atoms with van der Waals surface area (Å²) in [5, 5.41) is 13.9. The van der Waals surface area contributed by atoms with E-state index in [9.17, 15) is 5.11 Å². The average molecular weight is 472 g/mol. The Hall–Kier alpha value is -2.59. The molecule has 3 aliphatic rings. The Bertz CT molecular complexity index is 1120. The van der Waals surface area contributed by atoms with Gasteiger partial charge in [-0.1, -0.05) is 29.8 Å². The Kier molecular flexibility index (Phi) is 5.49. The summed E-state index contributed by atoms with van der Waals surface area (Å²) in [6.07, 6.45) is 0.384. The van der Waals surface area contributed by atoms with Crippen LogP contribution in [0.25, 0.3) is 11.2 Å². The summed E-state index contributed by atoms with van der Waals surface area (Å²) >= 11 is 6.52. The van der Waals surface area contributed by atoms with Gasteiger partial charge in [-0.05, 0) is 31.0 Å². The molecule has 1 aromatic carbocycles. The van der Waals surface area contributed by atoms with Crippen molar-refractivity contribution in [3.05, 3.63) is 41.4 Å². The highest BCUT2D eigenvalue weighted by Crippen LogP contribution is 2.31. The van der Waals surface area contributed by atoms with Gasteiger partial charge in [0.15, 0.2) is 11.8 Å². The first-order valence-electron chi connectivity index (χ1n) is 11.3. The van der Waals surface area contributed by atoms with Crippen molar-refractivity contribution in [1.29, 1.82) is 0 Å². The van der Waals surface area contributed by atoms with E-state index in [1.165, 1.54) is 5.69 Å². The number of ether oxygens (including phenoxy) is 3. The molecule has 0 bridgehead atoms. The van der Waals surface area contributed by atoms with E-state index in [2.05, 4.69) is 49.4 Å². The predicted molar refractivity (Wildman–Crippen MR) is 124 cm³/mol. The van der Waals surface area contributed by atoms with Crippen LogP contribution in [-0.4, -0.2) is 76.8 Å². The molecule has 3 N–H and O–H groups in total. The number of aliphatic hydroxyl groups excluding tert-OH is 1. The SMILES string of the molecule is O[C@@H]1COC2[C@H](Oc3nc4nc(NC5CCN(c6ccccc6)CC5)c(Cl)cc4[nH]3)CO[C@@H]21. The van der Waals surface area contributed by atoms with Crippen molar-refractivity contribution in [2.45, 2.75) is 43.3 Å². The number of anilines is 2. The fourth-order valence-electron chi connectivity index (χ4n) is 4.86. The van der Waals surface area contributed by atoms with Gasteiger partial charge in [-0.25, -0.2) is 4.98 Å². The summed E-state index contributed by atoms with van der Waals surface area (Å²) in [4.78, 5) is 14.6. The highest BCUT2D eigenvalue weighted by atomic mass is 35.5. The predicted octanol–water partition coefficient (Wildman–Crippen LogP) is 2.60. The molecule has 5 heterocycles. The van der Waals surface area contributed by atoms with Crippen molar-refractivity contribution in [3.63, 3.8) is 0 Å². The maximum absolute atomic E-state index is 9.90. The number of nitrogens with one attached hydrogen (secondary N) is 2. The molecule has 0 spiro atoms. The summed E-state index contributed by atoms with van der Waals surface area (Å²) in [7, 11) is 0. The fraction of sp³-hybridized carbons (Fsp3) is 0.478. The number of pyridine rings is 1. The van der Waals surface area contributed by atoms with Crippen molar-refractivity contribution in [1.82, 2.24) is 15.0 Å². The first kappa shape index (κ1) is 21.0. The summed E-state index contributed by atoms with van der Waals surface area (Å²) in [5.41, 5.74) is 2.48. The minimum absolute atomic E-state index is 0.256. The number of benzene rings is 1. The molecule has 1 unspecified atom stereocenters. The van der Waals surface area contributed by atoms with Crippen LogP contribution in [0.4, 0.5) is 11.5 Å². The molecule has 0 amide bonds. The van der Waals surface area contributed by atoms with E-state index in [4.69, 9.17) is 25.8 Å². The second kappa shape index (κ2) is 8.64. The minimum Gasteiger partial charge on any atom is -0.456 e. The minimum atomic E-state index is -0.618. The van der Waals surface area contributed by atoms with E-state index in [1.54, 1.807) is 0 Å². The molecule has 3 fully saturated rings. The van der Waals surface area contributed by atoms with Crippen molar-refractivity contribution in [2.24, 2.45) is 0 Å². The van der Waals surface area contributed by atoms with E-state index in [0.717, 1.165) is 25.9 Å². The molecule has 33 heavy (non-hydrogen) atoms. The van der Waals surface area contributed by atoms with E-state index < -0.39 is 6.10 Å². The Morgan fingerprint density at radius 3 is 2.70 bits per heavy atom. The number of aromatic nitrogens is 3. The lowest BCUT2D eigenvalue weighted by atomic mass is 10.0. The number of halogens is 1. The number of H-pyrrole nitrogens is 1. The Morgan fingerprint density at radius 2 is 1.88 bits per heavy atom. The fourth-order valence-corrected chi connectivity index (χ4v) is 5.06. The Labute approximate surface area is 196 Å². The smallest absolute Gasteiger partial charge is 0.296 e. The molecule has 3 aliphatic heterocycles. The van der Waals surface area contributed by atoms with Crippen LogP contribution in [-0.2, 0) is 9.47 Å². The Morgan fingerprint density at radius 1 is 1.09 bits per heavy atom. The highest BCUT2D eigenvalue weighted by Gasteiger charge is 2.48. The quantitative estimate of drug-likeness (QED) is 0.521. The second-order valence-corrected chi connectivity index (χ2v) is 9.20. The van der Waals surface area contributed by atoms with Crippen LogP contribution in [0.2, 0.25) is 5.02 Å². The summed E-state index contributed by atoms with van der Waals surface area (Å²) in [5.74, 6) is 0.631. The molecule has 2 aromatic heterocycles. The van der Waals surface area contributed by atoms with Crippen LogP contribution >= 0.6 is 11.6 Å². The maximum atomic E-state index is 9.90. The maximum Gasteiger partial charge on any atom is 0.296 e. The number of fused-ring (bicyclic) bond motifs is 2. The largest absolute Gasteiger partial charge is 0.456 e. The van der Waals surface area contributed by atoms with Crippen LogP contribution < -0.4 is 15.0 Å². The molecule has 174 valence electrons. The molecular weight excluding hydrogens is 446 g/mol. The van der Waals surface area contributed by atoms with Crippen molar-refractivity contribution >= 4 is 34.3 Å². The third-order valence-electron chi connectivity index (χ3n) is 6.61. The molecule has 0 radical (unpaired) electrons. The lowest BCUT2D eigenvalue weighted by Gasteiger charge is -2.34. The van der Waals surface area contributed by atoms with E-state index in [-0.39, 0.29) is 24.9 Å². The van der Waals surface area contributed by atoms with Crippen LogP contribution in [0.15, 0.2) is 36.4 Å². The molecule has 9 nitrogen and oxygen atoms in total. The van der Waals surface area contributed by atoms with E-state index >= 15 is 0 Å². The molecule has 6 rings (SSSR count). The summed E-state index contributed by atoms with van der Waals surface area (Å²) in [6.45, 7) is 2.55. The molecule has 4 atom stereocenters. The summed E-state index contributed by atoms with van der Waals surface area (Å²) < 4.78 is 17.2. The van der Waals surface area contributed by atoms with Crippen LogP contribution in [0.1, 0.15) is 12.8 Å². The normalized spacial score (nSPS) is 27.8. The van der Waals surface area contributed by atoms with Gasteiger partial charge >= 0.3 is 0 Å². The van der Waals surface area contributed by atoms with Gasteiger partial charge in [-0.15, -0.1) is 0 Å². The molecule has 10 heteroatoms. The second-order valence-electron chi connectivity index (χ2n) is 8.79. The van der Waals surface area contributed by atoms with Crippen molar-refractivity contribution < 1.29 is 19.3 Å². The van der Waals surface area contributed by atoms with Crippen molar-refractivity contribution in [3.8, 4) is 6.01 Å². The van der Waals surface area contributed by atoms with Crippen LogP contribution in [0.3, 0.4) is 0 Å². The number of aliphatic hydroxyl groups is 1. The van der Waals surface area contributed by atoms with Gasteiger partial charge in [0.05, 0.1) is 23.8 Å². The van der Waals surface area contributed by atoms with E-state index in [1.807, 2.05) is 12.1 Å². The zero-order chi connectivity index (χ0) is 22.4. The number of nitrogens with zero attached hydrogens (tertiary/aromatic N) is 3. The number of hydrogen-bond donors (Lipinski definition) is 3. The van der Waals surface area contributed by atoms with Gasteiger partial charge in [-0.3, -0.25) is 0 Å². The number of hydrogen-bond acceptors (Lipinski definition) is 8. The molecular formula is C23H26ClN5O4. The number of rotatable bonds is 5. The first-order valence-corrected chi connectivity index (χ1v) is 11.7. The van der Waals surface area contributed by atoms with Gasteiger partial charge in [-0.2, -0.15) is 4.98 Å². The highest BCUT2D eigenvalue weighted by molar-refractivity contribution is 6.33. The Balaban J connectivity index is 1.12. The number of imidazole rings is 1. The third kappa shape index (κ3) is 4.10. The first-order chi connectivity index (χ1) is 16.1. The van der Waals surface area contributed by atoms with Gasteiger partial charge in [0, 0.05) is 24.8 Å². The van der Waals surface area contributed by atoms with Gasteiger partial charge in [0.2, 0.25) is 0 Å². The molecule has 0 saturated carbocycles. The van der Waals surface area contributed by atoms with Crippen LogP contribution in [0, 0.1) is 0 Å². The number of piperidine rings is 1. The van der Waals surface area contributed by atoms with Gasteiger partial charge in [0.25, 0.3) is 6.01 Å². The summed E-state index contributed by atoms with van der Waals surface area (Å²) in [6, 6.07) is 12.9. The lowest BCUT2D eigenvalue weighted by molar-refractivity contribution is 0.00706. The monoisotopic (exact) mass is 471 g/mol. The number of aromatic amines is 1. The average Bonchev–Trinajstić information content (AvgIpc) is 3.52. The molecule has 3 saturated heterocycles. The number of para-hydroxylation sites is 1.